The van der Waals surface area contributed by atoms with Gasteiger partial charge < -0.3 is 0 Å². The van der Waals surface area contributed by atoms with Crippen LogP contribution in [0.1, 0.15) is 76.3 Å². The third-order valence-corrected chi connectivity index (χ3v) is 3.56. The lowest BCUT2D eigenvalue weighted by Crippen LogP contribution is -1.86. The Morgan fingerprint density at radius 1 is 0.789 bits per heavy atom. The summed E-state index contributed by atoms with van der Waals surface area (Å²) in [5.41, 5.74) is 2.82. The smallest absolute Gasteiger partial charge is 0.0260 e. The highest BCUT2D eigenvalue weighted by Gasteiger charge is 1.94. The van der Waals surface area contributed by atoms with Gasteiger partial charge in [0, 0.05) is 0 Å². The van der Waals surface area contributed by atoms with Gasteiger partial charge in [0.15, 0.2) is 0 Å². The minimum absolute atomic E-state index is 1.18. The van der Waals surface area contributed by atoms with E-state index in [1.807, 2.05) is 0 Å². The van der Waals surface area contributed by atoms with Gasteiger partial charge in [0.05, 0.1) is 0 Å². The van der Waals surface area contributed by atoms with Crippen molar-refractivity contribution in [2.24, 2.45) is 0 Å². The van der Waals surface area contributed by atoms with E-state index < -0.39 is 0 Å². The zero-order chi connectivity index (χ0) is 13.8. The summed E-state index contributed by atoms with van der Waals surface area (Å²) < 4.78 is 0. The van der Waals surface area contributed by atoms with Crippen molar-refractivity contribution in [3.8, 4) is 0 Å². The van der Waals surface area contributed by atoms with E-state index in [1.54, 1.807) is 0 Å². The maximum Gasteiger partial charge on any atom is -0.0260 e. The molecule has 106 valence electrons. The van der Waals surface area contributed by atoms with Gasteiger partial charge in [0.2, 0.25) is 0 Å². The Kier molecular flexibility index (Phi) is 9.14. The zero-order valence-electron chi connectivity index (χ0n) is 12.8. The molecule has 0 unspecified atom stereocenters. The Labute approximate surface area is 119 Å². The topological polar surface area (TPSA) is 0 Å². The highest BCUT2D eigenvalue weighted by atomic mass is 14.0. The second-order valence-electron chi connectivity index (χ2n) is 5.45. The lowest BCUT2D eigenvalue weighted by molar-refractivity contribution is 0.607. The average molecular weight is 258 g/mol. The molecule has 0 amide bonds. The Bertz CT molecular complexity index is 332. The van der Waals surface area contributed by atoms with Crippen LogP contribution in [0.5, 0.6) is 0 Å². The first-order valence-electron chi connectivity index (χ1n) is 8.12. The van der Waals surface area contributed by atoms with Crippen molar-refractivity contribution in [1.29, 1.82) is 0 Å². The summed E-state index contributed by atoms with van der Waals surface area (Å²) in [5, 5.41) is 0. The van der Waals surface area contributed by atoms with E-state index >= 15 is 0 Å². The van der Waals surface area contributed by atoms with E-state index in [0.717, 1.165) is 0 Å². The number of aryl methyl sites for hydroxylation is 1. The van der Waals surface area contributed by atoms with Crippen molar-refractivity contribution in [2.45, 2.75) is 71.6 Å². The quantitative estimate of drug-likeness (QED) is 0.426. The first kappa shape index (κ1) is 16.0. The monoisotopic (exact) mass is 258 g/mol. The number of hydrogen-bond donors (Lipinski definition) is 0. The maximum atomic E-state index is 2.29. The van der Waals surface area contributed by atoms with Crippen LogP contribution in [0.2, 0.25) is 0 Å². The standard InChI is InChI=1S/C19H30/c1-3-5-7-8-9-11-13-19-16-14-18(15-17-19)12-10-6-4-2/h10,12,14-17H,3-9,11,13H2,1-2H3. The molecule has 19 heavy (non-hydrogen) atoms. The maximum absolute atomic E-state index is 2.29. The van der Waals surface area contributed by atoms with Crippen LogP contribution in [0, 0.1) is 0 Å². The fourth-order valence-corrected chi connectivity index (χ4v) is 2.29. The fourth-order valence-electron chi connectivity index (χ4n) is 2.29. The van der Waals surface area contributed by atoms with Crippen LogP contribution in [0.25, 0.3) is 6.08 Å². The molecule has 0 saturated heterocycles. The molecule has 1 aromatic carbocycles. The van der Waals surface area contributed by atoms with Gasteiger partial charge in [-0.3, -0.25) is 0 Å². The van der Waals surface area contributed by atoms with Crippen molar-refractivity contribution in [3.05, 3.63) is 41.5 Å². The molecule has 0 aliphatic carbocycles. The van der Waals surface area contributed by atoms with Gasteiger partial charge in [0.1, 0.15) is 0 Å². The van der Waals surface area contributed by atoms with Crippen LogP contribution >= 0.6 is 0 Å². The van der Waals surface area contributed by atoms with Gasteiger partial charge >= 0.3 is 0 Å². The summed E-state index contributed by atoms with van der Waals surface area (Å²) in [7, 11) is 0. The molecular weight excluding hydrogens is 228 g/mol. The molecule has 0 bridgehead atoms. The van der Waals surface area contributed by atoms with Crippen LogP contribution in [0.3, 0.4) is 0 Å². The molecule has 0 nitrogen and oxygen atoms in total. The summed E-state index contributed by atoms with van der Waals surface area (Å²) >= 11 is 0. The van der Waals surface area contributed by atoms with Crippen molar-refractivity contribution >= 4 is 6.08 Å². The predicted octanol–water partition coefficient (Wildman–Crippen LogP) is 6.40. The SMILES string of the molecule is CCCC=Cc1ccc(CCCCCCCC)cc1. The molecule has 0 atom stereocenters. The average Bonchev–Trinajstić information content (AvgIpc) is 2.44. The van der Waals surface area contributed by atoms with Gasteiger partial charge in [-0.2, -0.15) is 0 Å². The first-order chi connectivity index (χ1) is 9.36. The number of rotatable bonds is 10. The van der Waals surface area contributed by atoms with Gasteiger partial charge in [0.25, 0.3) is 0 Å². The fraction of sp³-hybridized carbons (Fsp3) is 0.579. The van der Waals surface area contributed by atoms with Gasteiger partial charge in [-0.15, -0.1) is 0 Å². The molecular formula is C19H30. The van der Waals surface area contributed by atoms with E-state index in [9.17, 15) is 0 Å². The van der Waals surface area contributed by atoms with Crippen LogP contribution < -0.4 is 0 Å². The molecule has 0 fully saturated rings. The molecule has 0 N–H and O–H groups in total. The van der Waals surface area contributed by atoms with Gasteiger partial charge in [-0.25, -0.2) is 0 Å². The molecule has 0 radical (unpaired) electrons. The highest BCUT2D eigenvalue weighted by Crippen LogP contribution is 2.12. The summed E-state index contributed by atoms with van der Waals surface area (Å²) in [5.74, 6) is 0. The first-order valence-corrected chi connectivity index (χ1v) is 8.12. The van der Waals surface area contributed by atoms with E-state index in [0.29, 0.717) is 0 Å². The predicted molar refractivity (Wildman–Crippen MR) is 87.5 cm³/mol. The second-order valence-corrected chi connectivity index (χ2v) is 5.45. The molecule has 0 aliphatic heterocycles. The van der Waals surface area contributed by atoms with Crippen LogP contribution in [-0.2, 0) is 6.42 Å². The summed E-state index contributed by atoms with van der Waals surface area (Å²) in [6.45, 7) is 4.49. The van der Waals surface area contributed by atoms with Gasteiger partial charge in [-0.1, -0.05) is 88.8 Å². The molecule has 0 aliphatic rings. The zero-order valence-corrected chi connectivity index (χ0v) is 12.8. The third-order valence-electron chi connectivity index (χ3n) is 3.56. The molecule has 0 heteroatoms. The van der Waals surface area contributed by atoms with Crippen LogP contribution in [0.15, 0.2) is 30.3 Å². The van der Waals surface area contributed by atoms with E-state index in [2.05, 4.69) is 50.3 Å². The third kappa shape index (κ3) is 7.87. The Morgan fingerprint density at radius 3 is 2.16 bits per heavy atom. The van der Waals surface area contributed by atoms with Crippen molar-refractivity contribution < 1.29 is 0 Å². The second kappa shape index (κ2) is 10.8. The Morgan fingerprint density at radius 2 is 1.47 bits per heavy atom. The lowest BCUT2D eigenvalue weighted by atomic mass is 10.0. The number of unbranched alkanes of at least 4 members (excludes halogenated alkanes) is 6. The molecule has 0 spiro atoms. The minimum Gasteiger partial charge on any atom is -0.0840 e. The normalized spacial score (nSPS) is 11.3. The Hall–Kier alpha value is -1.04. The Balaban J connectivity index is 2.20. The summed E-state index contributed by atoms with van der Waals surface area (Å²) in [6.07, 6.45) is 16.4. The van der Waals surface area contributed by atoms with Gasteiger partial charge in [-0.05, 0) is 30.4 Å². The van der Waals surface area contributed by atoms with Crippen LogP contribution in [0.4, 0.5) is 0 Å². The molecule has 0 aromatic heterocycles. The van der Waals surface area contributed by atoms with E-state index in [-0.39, 0.29) is 0 Å². The molecule has 0 saturated carbocycles. The molecule has 0 heterocycles. The number of benzene rings is 1. The van der Waals surface area contributed by atoms with E-state index in [4.69, 9.17) is 0 Å². The van der Waals surface area contributed by atoms with Crippen molar-refractivity contribution in [2.75, 3.05) is 0 Å². The van der Waals surface area contributed by atoms with Crippen LogP contribution in [-0.4, -0.2) is 0 Å². The lowest BCUT2D eigenvalue weighted by Gasteiger charge is -2.03. The highest BCUT2D eigenvalue weighted by molar-refractivity contribution is 5.49. The minimum atomic E-state index is 1.18. The summed E-state index contributed by atoms with van der Waals surface area (Å²) in [6, 6.07) is 9.08. The number of hydrogen-bond acceptors (Lipinski definition) is 0. The largest absolute Gasteiger partial charge is 0.0840 e. The van der Waals surface area contributed by atoms with Crippen molar-refractivity contribution in [1.82, 2.24) is 0 Å². The van der Waals surface area contributed by atoms with Crippen molar-refractivity contribution in [3.63, 3.8) is 0 Å². The molecule has 1 rings (SSSR count). The van der Waals surface area contributed by atoms with E-state index in [1.165, 1.54) is 68.9 Å². The summed E-state index contributed by atoms with van der Waals surface area (Å²) in [4.78, 5) is 0. The molecule has 1 aromatic rings. The number of allylic oxidation sites excluding steroid dienone is 1.